The Balaban J connectivity index is 2.19. The zero-order valence-corrected chi connectivity index (χ0v) is 12.3. The van der Waals surface area contributed by atoms with Crippen molar-refractivity contribution >= 4 is 22.6 Å². The molecule has 0 aliphatic carbocycles. The second kappa shape index (κ2) is 6.92. The van der Waals surface area contributed by atoms with E-state index in [1.54, 1.807) is 13.3 Å². The molecule has 0 fully saturated rings. The van der Waals surface area contributed by atoms with E-state index >= 15 is 0 Å². The molecule has 5 nitrogen and oxygen atoms in total. The molecule has 1 atom stereocenters. The van der Waals surface area contributed by atoms with Crippen LogP contribution in [-0.4, -0.2) is 29.7 Å². The number of aliphatic carboxylic acids is 1. The SMILES string of the molecule is CCC(CNc1nccc2ccc(OC)cc12)CC(=O)O. The van der Waals surface area contributed by atoms with Crippen LogP contribution >= 0.6 is 0 Å². The Kier molecular flexibility index (Phi) is 4.98. The normalized spacial score (nSPS) is 12.1. The van der Waals surface area contributed by atoms with Crippen LogP contribution in [0.3, 0.4) is 0 Å². The predicted molar refractivity (Wildman–Crippen MR) is 82.8 cm³/mol. The third kappa shape index (κ3) is 3.84. The van der Waals surface area contributed by atoms with Gasteiger partial charge in [0.25, 0.3) is 0 Å². The highest BCUT2D eigenvalue weighted by Crippen LogP contribution is 2.26. The van der Waals surface area contributed by atoms with Gasteiger partial charge in [0.1, 0.15) is 11.6 Å². The van der Waals surface area contributed by atoms with E-state index in [0.717, 1.165) is 28.8 Å². The Morgan fingerprint density at radius 2 is 2.24 bits per heavy atom. The van der Waals surface area contributed by atoms with Crippen LogP contribution < -0.4 is 10.1 Å². The van der Waals surface area contributed by atoms with Crippen LogP contribution in [0.4, 0.5) is 5.82 Å². The number of hydrogen-bond donors (Lipinski definition) is 2. The fraction of sp³-hybridized carbons (Fsp3) is 0.375. The molecule has 1 aromatic heterocycles. The van der Waals surface area contributed by atoms with E-state index in [1.165, 1.54) is 0 Å². The number of nitrogens with zero attached hydrogens (tertiary/aromatic N) is 1. The predicted octanol–water partition coefficient (Wildman–Crippen LogP) is 3.16. The highest BCUT2D eigenvalue weighted by atomic mass is 16.5. The lowest BCUT2D eigenvalue weighted by molar-refractivity contribution is -0.138. The highest BCUT2D eigenvalue weighted by Gasteiger charge is 2.12. The topological polar surface area (TPSA) is 71.5 Å². The van der Waals surface area contributed by atoms with Gasteiger partial charge >= 0.3 is 5.97 Å². The number of rotatable bonds is 7. The quantitative estimate of drug-likeness (QED) is 0.819. The smallest absolute Gasteiger partial charge is 0.303 e. The van der Waals surface area contributed by atoms with Gasteiger partial charge in [-0.05, 0) is 29.5 Å². The Bertz CT molecular complexity index is 628. The number of fused-ring (bicyclic) bond motifs is 1. The van der Waals surface area contributed by atoms with Crippen molar-refractivity contribution in [2.45, 2.75) is 19.8 Å². The van der Waals surface area contributed by atoms with Gasteiger partial charge in [-0.25, -0.2) is 4.98 Å². The van der Waals surface area contributed by atoms with Crippen LogP contribution in [-0.2, 0) is 4.79 Å². The summed E-state index contributed by atoms with van der Waals surface area (Å²) < 4.78 is 5.24. The molecular weight excluding hydrogens is 268 g/mol. The summed E-state index contributed by atoms with van der Waals surface area (Å²) in [4.78, 5) is 15.2. The average Bonchev–Trinajstić information content (AvgIpc) is 2.50. The van der Waals surface area contributed by atoms with Gasteiger partial charge in [0.15, 0.2) is 0 Å². The molecule has 0 bridgehead atoms. The van der Waals surface area contributed by atoms with Gasteiger partial charge in [-0.15, -0.1) is 0 Å². The molecule has 112 valence electrons. The van der Waals surface area contributed by atoms with E-state index in [4.69, 9.17) is 9.84 Å². The molecule has 0 saturated heterocycles. The van der Waals surface area contributed by atoms with Gasteiger partial charge in [-0.1, -0.05) is 19.4 Å². The number of carboxylic acid groups (broad SMARTS) is 1. The average molecular weight is 288 g/mol. The third-order valence-corrected chi connectivity index (χ3v) is 3.57. The third-order valence-electron chi connectivity index (χ3n) is 3.57. The van der Waals surface area contributed by atoms with Crippen molar-refractivity contribution in [3.8, 4) is 5.75 Å². The molecule has 2 rings (SSSR count). The molecule has 0 spiro atoms. The maximum Gasteiger partial charge on any atom is 0.303 e. The first-order chi connectivity index (χ1) is 10.1. The number of hydrogen-bond acceptors (Lipinski definition) is 4. The second-order valence-electron chi connectivity index (χ2n) is 5.00. The molecule has 2 aromatic rings. The first-order valence-electron chi connectivity index (χ1n) is 7.02. The van der Waals surface area contributed by atoms with Gasteiger partial charge in [0, 0.05) is 24.5 Å². The van der Waals surface area contributed by atoms with Crippen LogP contribution in [0.1, 0.15) is 19.8 Å². The molecule has 21 heavy (non-hydrogen) atoms. The Morgan fingerprint density at radius 1 is 1.43 bits per heavy atom. The molecule has 0 amide bonds. The van der Waals surface area contributed by atoms with Crippen molar-refractivity contribution in [2.24, 2.45) is 5.92 Å². The molecule has 1 unspecified atom stereocenters. The lowest BCUT2D eigenvalue weighted by atomic mass is 10.0. The molecule has 0 saturated carbocycles. The summed E-state index contributed by atoms with van der Waals surface area (Å²) in [5, 5.41) is 14.2. The number of methoxy groups -OCH3 is 1. The minimum Gasteiger partial charge on any atom is -0.497 e. The van der Waals surface area contributed by atoms with Crippen molar-refractivity contribution in [1.82, 2.24) is 4.98 Å². The zero-order chi connectivity index (χ0) is 15.2. The summed E-state index contributed by atoms with van der Waals surface area (Å²) in [6.45, 7) is 2.58. The van der Waals surface area contributed by atoms with Crippen LogP contribution in [0.5, 0.6) is 5.75 Å². The molecule has 5 heteroatoms. The zero-order valence-electron chi connectivity index (χ0n) is 12.3. The van der Waals surface area contributed by atoms with Crippen molar-refractivity contribution < 1.29 is 14.6 Å². The number of pyridine rings is 1. The first-order valence-corrected chi connectivity index (χ1v) is 7.02. The first kappa shape index (κ1) is 15.1. The van der Waals surface area contributed by atoms with Crippen LogP contribution in [0, 0.1) is 5.92 Å². The fourth-order valence-corrected chi connectivity index (χ4v) is 2.26. The Morgan fingerprint density at radius 3 is 2.90 bits per heavy atom. The molecule has 1 aromatic carbocycles. The van der Waals surface area contributed by atoms with E-state index < -0.39 is 5.97 Å². The number of anilines is 1. The van der Waals surface area contributed by atoms with E-state index in [9.17, 15) is 4.79 Å². The monoisotopic (exact) mass is 288 g/mol. The summed E-state index contributed by atoms with van der Waals surface area (Å²) in [5.74, 6) is 0.854. The van der Waals surface area contributed by atoms with Crippen LogP contribution in [0.15, 0.2) is 30.5 Å². The maximum absolute atomic E-state index is 10.8. The van der Waals surface area contributed by atoms with E-state index in [-0.39, 0.29) is 12.3 Å². The number of ether oxygens (including phenoxy) is 1. The summed E-state index contributed by atoms with van der Waals surface area (Å²) in [6.07, 6.45) is 2.72. The molecule has 2 N–H and O–H groups in total. The number of aromatic nitrogens is 1. The second-order valence-corrected chi connectivity index (χ2v) is 5.00. The van der Waals surface area contributed by atoms with Crippen LogP contribution in [0.2, 0.25) is 0 Å². The maximum atomic E-state index is 10.8. The number of carboxylic acids is 1. The van der Waals surface area contributed by atoms with Crippen molar-refractivity contribution in [1.29, 1.82) is 0 Å². The molecule has 0 aliphatic rings. The minimum absolute atomic E-state index is 0.0881. The summed E-state index contributed by atoms with van der Waals surface area (Å²) in [5.41, 5.74) is 0. The minimum atomic E-state index is -0.767. The van der Waals surface area contributed by atoms with Gasteiger partial charge in [-0.2, -0.15) is 0 Å². The number of benzene rings is 1. The Labute approximate surface area is 124 Å². The summed E-state index contributed by atoms with van der Waals surface area (Å²) in [6, 6.07) is 7.76. The molecular formula is C16H20N2O3. The highest BCUT2D eigenvalue weighted by molar-refractivity contribution is 5.92. The van der Waals surface area contributed by atoms with Gasteiger partial charge in [-0.3, -0.25) is 4.79 Å². The summed E-state index contributed by atoms with van der Waals surface area (Å²) >= 11 is 0. The van der Waals surface area contributed by atoms with Crippen molar-refractivity contribution in [2.75, 3.05) is 19.0 Å². The van der Waals surface area contributed by atoms with Gasteiger partial charge in [0.05, 0.1) is 7.11 Å². The largest absolute Gasteiger partial charge is 0.497 e. The summed E-state index contributed by atoms with van der Waals surface area (Å²) in [7, 11) is 1.63. The van der Waals surface area contributed by atoms with Crippen molar-refractivity contribution in [3.05, 3.63) is 30.5 Å². The molecule has 0 aliphatic heterocycles. The lowest BCUT2D eigenvalue weighted by Gasteiger charge is -2.15. The Hall–Kier alpha value is -2.30. The van der Waals surface area contributed by atoms with Gasteiger partial charge in [0.2, 0.25) is 0 Å². The van der Waals surface area contributed by atoms with E-state index in [1.807, 2.05) is 31.2 Å². The van der Waals surface area contributed by atoms with Gasteiger partial charge < -0.3 is 15.2 Å². The van der Waals surface area contributed by atoms with Crippen molar-refractivity contribution in [3.63, 3.8) is 0 Å². The van der Waals surface area contributed by atoms with E-state index in [2.05, 4.69) is 10.3 Å². The number of carbonyl (C=O) groups is 1. The van der Waals surface area contributed by atoms with E-state index in [0.29, 0.717) is 6.54 Å². The standard InChI is InChI=1S/C16H20N2O3/c1-3-11(8-15(19)20)10-18-16-14-9-13(21-2)5-4-12(14)6-7-17-16/h4-7,9,11H,3,8,10H2,1-2H3,(H,17,18)(H,19,20). The molecule has 1 heterocycles. The molecule has 0 radical (unpaired) electrons. The van der Waals surface area contributed by atoms with Crippen LogP contribution in [0.25, 0.3) is 10.8 Å². The lowest BCUT2D eigenvalue weighted by Crippen LogP contribution is -2.17. The fourth-order valence-electron chi connectivity index (χ4n) is 2.26. The number of nitrogens with one attached hydrogen (secondary N) is 1.